The summed E-state index contributed by atoms with van der Waals surface area (Å²) in [4.78, 5) is 26.4. The molecular weight excluding hydrogens is 384 g/mol. The summed E-state index contributed by atoms with van der Waals surface area (Å²) in [6.45, 7) is 0.832. The number of nitrogens with zero attached hydrogens (tertiary/aromatic N) is 1. The highest BCUT2D eigenvalue weighted by molar-refractivity contribution is 9.10. The summed E-state index contributed by atoms with van der Waals surface area (Å²) in [7, 11) is 1.62. The third kappa shape index (κ3) is 4.02. The Morgan fingerprint density at radius 2 is 1.96 bits per heavy atom. The van der Waals surface area contributed by atoms with Crippen molar-refractivity contribution in [1.82, 2.24) is 5.32 Å². The zero-order valence-electron chi connectivity index (χ0n) is 13.9. The number of carbonyl (C=O) groups is 2. The molecule has 3 rings (SSSR count). The Morgan fingerprint density at radius 3 is 2.64 bits per heavy atom. The van der Waals surface area contributed by atoms with Crippen LogP contribution >= 0.6 is 15.9 Å². The van der Waals surface area contributed by atoms with Crippen LogP contribution in [-0.2, 0) is 16.1 Å². The summed E-state index contributed by atoms with van der Waals surface area (Å²) in [6.07, 6.45) is 0.232. The first-order valence-corrected chi connectivity index (χ1v) is 8.83. The van der Waals surface area contributed by atoms with Gasteiger partial charge in [-0.05, 0) is 45.8 Å². The SMILES string of the molecule is COc1ccc(CNC(=O)C2CC(=O)N(c3ccccc3Br)C2)cc1. The van der Waals surface area contributed by atoms with Crippen LogP contribution in [0.2, 0.25) is 0 Å². The van der Waals surface area contributed by atoms with Crippen LogP contribution in [-0.4, -0.2) is 25.5 Å². The quantitative estimate of drug-likeness (QED) is 0.835. The summed E-state index contributed by atoms with van der Waals surface area (Å²) in [5, 5.41) is 2.92. The third-order valence-electron chi connectivity index (χ3n) is 4.26. The van der Waals surface area contributed by atoms with Crippen molar-refractivity contribution in [2.24, 2.45) is 5.92 Å². The second-order valence-corrected chi connectivity index (χ2v) is 6.78. The highest BCUT2D eigenvalue weighted by atomic mass is 79.9. The summed E-state index contributed by atoms with van der Waals surface area (Å²) in [5.74, 6) is 0.314. The van der Waals surface area contributed by atoms with Crippen molar-refractivity contribution in [3.05, 3.63) is 58.6 Å². The van der Waals surface area contributed by atoms with Crippen LogP contribution < -0.4 is 15.0 Å². The lowest BCUT2D eigenvalue weighted by Crippen LogP contribution is -2.32. The van der Waals surface area contributed by atoms with E-state index >= 15 is 0 Å². The molecule has 1 unspecified atom stereocenters. The first kappa shape index (κ1) is 17.5. The Hall–Kier alpha value is -2.34. The average molecular weight is 403 g/mol. The predicted molar refractivity (Wildman–Crippen MR) is 99.4 cm³/mol. The fourth-order valence-corrected chi connectivity index (χ4v) is 3.36. The summed E-state index contributed by atoms with van der Waals surface area (Å²) >= 11 is 3.46. The zero-order chi connectivity index (χ0) is 17.8. The largest absolute Gasteiger partial charge is 0.497 e. The van der Waals surface area contributed by atoms with Gasteiger partial charge < -0.3 is 15.0 Å². The molecule has 6 heteroatoms. The molecule has 0 radical (unpaired) electrons. The first-order chi connectivity index (χ1) is 12.1. The third-order valence-corrected chi connectivity index (χ3v) is 4.94. The number of amides is 2. The highest BCUT2D eigenvalue weighted by Crippen LogP contribution is 2.31. The van der Waals surface area contributed by atoms with Crippen molar-refractivity contribution < 1.29 is 14.3 Å². The van der Waals surface area contributed by atoms with Gasteiger partial charge in [-0.2, -0.15) is 0 Å². The van der Waals surface area contributed by atoms with Crippen molar-refractivity contribution in [2.45, 2.75) is 13.0 Å². The number of para-hydroxylation sites is 1. The molecule has 5 nitrogen and oxygen atoms in total. The van der Waals surface area contributed by atoms with Crippen molar-refractivity contribution in [2.75, 3.05) is 18.6 Å². The van der Waals surface area contributed by atoms with Gasteiger partial charge in [0, 0.05) is 24.0 Å². The van der Waals surface area contributed by atoms with Gasteiger partial charge in [-0.1, -0.05) is 24.3 Å². The van der Waals surface area contributed by atoms with E-state index in [0.29, 0.717) is 13.1 Å². The van der Waals surface area contributed by atoms with Gasteiger partial charge >= 0.3 is 0 Å². The minimum Gasteiger partial charge on any atom is -0.497 e. The fourth-order valence-electron chi connectivity index (χ4n) is 2.86. The normalized spacial score (nSPS) is 16.8. The molecule has 2 aromatic rings. The smallest absolute Gasteiger partial charge is 0.227 e. The summed E-state index contributed by atoms with van der Waals surface area (Å²) in [5.41, 5.74) is 1.79. The maximum absolute atomic E-state index is 12.4. The molecular formula is C19H19BrN2O3. The zero-order valence-corrected chi connectivity index (χ0v) is 15.5. The van der Waals surface area contributed by atoms with Gasteiger partial charge in [0.2, 0.25) is 11.8 Å². The lowest BCUT2D eigenvalue weighted by atomic mass is 10.1. The van der Waals surface area contributed by atoms with E-state index in [2.05, 4.69) is 21.2 Å². The van der Waals surface area contributed by atoms with Gasteiger partial charge in [-0.15, -0.1) is 0 Å². The Morgan fingerprint density at radius 1 is 1.24 bits per heavy atom. The van der Waals surface area contributed by atoms with Crippen LogP contribution in [0.15, 0.2) is 53.0 Å². The average Bonchev–Trinajstić information content (AvgIpc) is 3.02. The molecule has 0 bridgehead atoms. The Kier molecular flexibility index (Phi) is 5.38. The van der Waals surface area contributed by atoms with Crippen LogP contribution in [0.25, 0.3) is 0 Å². The molecule has 0 aromatic heterocycles. The number of halogens is 1. The molecule has 130 valence electrons. The Balaban J connectivity index is 1.60. The molecule has 25 heavy (non-hydrogen) atoms. The number of methoxy groups -OCH3 is 1. The van der Waals surface area contributed by atoms with E-state index < -0.39 is 0 Å². The highest BCUT2D eigenvalue weighted by Gasteiger charge is 2.35. The lowest BCUT2D eigenvalue weighted by molar-refractivity contribution is -0.126. The summed E-state index contributed by atoms with van der Waals surface area (Å²) < 4.78 is 5.97. The molecule has 0 saturated carbocycles. The molecule has 1 N–H and O–H groups in total. The molecule has 1 fully saturated rings. The molecule has 1 aliphatic rings. The van der Waals surface area contributed by atoms with E-state index in [1.54, 1.807) is 12.0 Å². The monoisotopic (exact) mass is 402 g/mol. The molecule has 2 amide bonds. The Labute approximate surface area is 155 Å². The van der Waals surface area contributed by atoms with Crippen LogP contribution in [0.5, 0.6) is 5.75 Å². The molecule has 2 aromatic carbocycles. The second-order valence-electron chi connectivity index (χ2n) is 5.92. The van der Waals surface area contributed by atoms with Crippen molar-refractivity contribution in [3.63, 3.8) is 0 Å². The molecule has 1 saturated heterocycles. The van der Waals surface area contributed by atoms with E-state index in [9.17, 15) is 9.59 Å². The number of nitrogens with one attached hydrogen (secondary N) is 1. The standard InChI is InChI=1S/C19H19BrN2O3/c1-25-15-8-6-13(7-9-15)11-21-19(24)14-10-18(23)22(12-14)17-5-3-2-4-16(17)20/h2-9,14H,10-12H2,1H3,(H,21,24). The maximum Gasteiger partial charge on any atom is 0.227 e. The molecule has 1 heterocycles. The number of hydrogen-bond acceptors (Lipinski definition) is 3. The Bertz CT molecular complexity index is 776. The van der Waals surface area contributed by atoms with Crippen LogP contribution in [0.1, 0.15) is 12.0 Å². The topological polar surface area (TPSA) is 58.6 Å². The number of hydrogen-bond donors (Lipinski definition) is 1. The fraction of sp³-hybridized carbons (Fsp3) is 0.263. The van der Waals surface area contributed by atoms with E-state index in [4.69, 9.17) is 4.74 Å². The van der Waals surface area contributed by atoms with Gasteiger partial charge in [0.15, 0.2) is 0 Å². The summed E-state index contributed by atoms with van der Waals surface area (Å²) in [6, 6.07) is 15.1. The maximum atomic E-state index is 12.4. The van der Waals surface area contributed by atoms with E-state index in [0.717, 1.165) is 21.5 Å². The number of carbonyl (C=O) groups excluding carboxylic acids is 2. The lowest BCUT2D eigenvalue weighted by Gasteiger charge is -2.18. The second kappa shape index (κ2) is 7.70. The minimum absolute atomic E-state index is 0.0310. The first-order valence-electron chi connectivity index (χ1n) is 8.04. The number of rotatable bonds is 5. The molecule has 1 aliphatic heterocycles. The van der Waals surface area contributed by atoms with Crippen LogP contribution in [0.4, 0.5) is 5.69 Å². The van der Waals surface area contributed by atoms with E-state index in [1.807, 2.05) is 48.5 Å². The van der Waals surface area contributed by atoms with Crippen molar-refractivity contribution in [3.8, 4) is 5.75 Å². The van der Waals surface area contributed by atoms with Crippen LogP contribution in [0, 0.1) is 5.92 Å². The number of benzene rings is 2. The van der Waals surface area contributed by atoms with Gasteiger partial charge in [0.25, 0.3) is 0 Å². The predicted octanol–water partition coefficient (Wildman–Crippen LogP) is 3.13. The molecule has 0 aliphatic carbocycles. The van der Waals surface area contributed by atoms with Crippen molar-refractivity contribution >= 4 is 33.4 Å². The van der Waals surface area contributed by atoms with E-state index in [1.165, 1.54) is 0 Å². The van der Waals surface area contributed by atoms with Gasteiger partial charge in [-0.25, -0.2) is 0 Å². The molecule has 1 atom stereocenters. The minimum atomic E-state index is -0.335. The van der Waals surface area contributed by atoms with Crippen molar-refractivity contribution in [1.29, 1.82) is 0 Å². The van der Waals surface area contributed by atoms with Gasteiger partial charge in [0.05, 0.1) is 18.7 Å². The van der Waals surface area contributed by atoms with E-state index in [-0.39, 0.29) is 24.2 Å². The number of ether oxygens (including phenoxy) is 1. The number of anilines is 1. The van der Waals surface area contributed by atoms with Crippen LogP contribution in [0.3, 0.4) is 0 Å². The van der Waals surface area contributed by atoms with Gasteiger partial charge in [0.1, 0.15) is 5.75 Å². The molecule has 0 spiro atoms. The van der Waals surface area contributed by atoms with Gasteiger partial charge in [-0.3, -0.25) is 9.59 Å².